The third-order valence-corrected chi connectivity index (χ3v) is 15.8. The molecule has 76 heavy (non-hydrogen) atoms. The second-order valence-electron chi connectivity index (χ2n) is 20.0. The highest BCUT2D eigenvalue weighted by Crippen LogP contribution is 2.59. The van der Waals surface area contributed by atoms with Crippen LogP contribution in [0.3, 0.4) is 0 Å². The van der Waals surface area contributed by atoms with E-state index >= 15 is 0 Å². The van der Waals surface area contributed by atoms with Crippen LogP contribution in [-0.2, 0) is 5.41 Å². The highest BCUT2D eigenvalue weighted by molar-refractivity contribution is 6.09. The molecule has 0 amide bonds. The lowest BCUT2D eigenvalue weighted by Crippen LogP contribution is -2.28. The zero-order valence-electron chi connectivity index (χ0n) is 41.9. The Morgan fingerprint density at radius 1 is 0.224 bits per heavy atom. The van der Waals surface area contributed by atoms with E-state index in [1.54, 1.807) is 0 Å². The predicted octanol–water partition coefficient (Wildman–Crippen LogP) is 20.2. The molecule has 13 aromatic rings. The summed E-state index contributed by atoms with van der Waals surface area (Å²) in [5.41, 5.74) is 22.0. The molecule has 0 aliphatic heterocycles. The normalized spacial score (nSPS) is 12.3. The molecule has 0 unspecified atom stereocenters. The Labute approximate surface area is 444 Å². The number of benzene rings is 13. The van der Waals surface area contributed by atoms with Crippen LogP contribution in [0.25, 0.3) is 88.3 Å². The maximum absolute atomic E-state index is 2.53. The van der Waals surface area contributed by atoms with Gasteiger partial charge < -0.3 is 4.90 Å². The Bertz CT molecular complexity index is 4040. The fourth-order valence-corrected chi connectivity index (χ4v) is 12.1. The van der Waals surface area contributed by atoms with Gasteiger partial charge in [-0.3, -0.25) is 0 Å². The van der Waals surface area contributed by atoms with Crippen molar-refractivity contribution in [2.75, 3.05) is 4.90 Å². The molecule has 1 aliphatic carbocycles. The van der Waals surface area contributed by atoms with Gasteiger partial charge in [0.05, 0.1) is 11.1 Å². The van der Waals surface area contributed by atoms with Gasteiger partial charge in [0, 0.05) is 16.9 Å². The number of hydrogen-bond donors (Lipinski definition) is 0. The Hall–Kier alpha value is -9.82. The lowest BCUT2D eigenvalue weighted by molar-refractivity contribution is 0.768. The number of hydrogen-bond acceptors (Lipinski definition) is 1. The van der Waals surface area contributed by atoms with E-state index in [1.165, 1.54) is 88.3 Å². The standard InChI is InChI=1S/C75H51N/c1-5-17-52(18-6-1)54-29-33-56(34-30-54)58-39-44-65(45-40-58)76(66-46-41-59(42-47-66)57-35-31-55(32-36-57)53-19-7-2-8-20-53)74-51-73-71(50-70(74)62-43-48-68-61(49-62)38-37-60-21-13-14-26-67(60)68)69-27-15-16-28-72(69)75(73,63-22-9-3-10-23-63)64-24-11-4-12-25-64/h1-51H. The van der Waals surface area contributed by atoms with E-state index in [2.05, 4.69) is 314 Å². The molecule has 0 bridgehead atoms. The van der Waals surface area contributed by atoms with Crippen LogP contribution in [0, 0.1) is 0 Å². The van der Waals surface area contributed by atoms with Crippen molar-refractivity contribution in [3.8, 4) is 66.8 Å². The molecule has 1 aliphatic rings. The summed E-state index contributed by atoms with van der Waals surface area (Å²) in [7, 11) is 0. The summed E-state index contributed by atoms with van der Waals surface area (Å²) in [4.78, 5) is 2.49. The second kappa shape index (κ2) is 18.9. The summed E-state index contributed by atoms with van der Waals surface area (Å²) < 4.78 is 0. The van der Waals surface area contributed by atoms with E-state index in [1.807, 2.05) is 0 Å². The van der Waals surface area contributed by atoms with Gasteiger partial charge in [-0.2, -0.15) is 0 Å². The summed E-state index contributed by atoms with van der Waals surface area (Å²) in [5, 5.41) is 4.96. The quantitative estimate of drug-likeness (QED) is 0.123. The van der Waals surface area contributed by atoms with E-state index in [0.29, 0.717) is 0 Å². The summed E-state index contributed by atoms with van der Waals surface area (Å²) in [5.74, 6) is 0. The van der Waals surface area contributed by atoms with E-state index in [4.69, 9.17) is 0 Å². The maximum Gasteiger partial charge on any atom is 0.0714 e. The molecule has 0 N–H and O–H groups in total. The molecule has 14 rings (SSSR count). The van der Waals surface area contributed by atoms with Gasteiger partial charge in [0.2, 0.25) is 0 Å². The monoisotopic (exact) mass is 965 g/mol. The molecule has 13 aromatic carbocycles. The van der Waals surface area contributed by atoms with Gasteiger partial charge in [-0.05, 0) is 147 Å². The highest BCUT2D eigenvalue weighted by Gasteiger charge is 2.47. The Balaban J connectivity index is 0.995. The van der Waals surface area contributed by atoms with Gasteiger partial charge in [0.25, 0.3) is 0 Å². The minimum Gasteiger partial charge on any atom is -0.310 e. The van der Waals surface area contributed by atoms with Crippen molar-refractivity contribution < 1.29 is 0 Å². The molecular weight excluding hydrogens is 915 g/mol. The molecule has 0 spiro atoms. The molecular formula is C75H51N. The largest absolute Gasteiger partial charge is 0.310 e. The fraction of sp³-hybridized carbons (Fsp3) is 0.0133. The smallest absolute Gasteiger partial charge is 0.0714 e. The molecule has 1 heteroatoms. The SMILES string of the molecule is c1ccc(-c2ccc(-c3ccc(N(c4ccc(-c5ccc(-c6ccccc6)cc5)cc4)c4cc5c(cc4-c4ccc6c(ccc7ccccc76)c4)-c4ccccc4C5(c4ccccc4)c4ccccc4)cc3)cc2)cc1. The van der Waals surface area contributed by atoms with Crippen molar-refractivity contribution in [3.05, 3.63) is 332 Å². The molecule has 1 nitrogen and oxygen atoms in total. The number of nitrogens with zero attached hydrogens (tertiary/aromatic N) is 1. The Morgan fingerprint density at radius 3 is 1.14 bits per heavy atom. The van der Waals surface area contributed by atoms with Crippen molar-refractivity contribution in [2.24, 2.45) is 0 Å². The zero-order chi connectivity index (χ0) is 50.4. The van der Waals surface area contributed by atoms with Crippen LogP contribution >= 0.6 is 0 Å². The molecule has 0 fully saturated rings. The number of anilines is 3. The fourth-order valence-electron chi connectivity index (χ4n) is 12.1. The summed E-state index contributed by atoms with van der Waals surface area (Å²) in [6.07, 6.45) is 0. The van der Waals surface area contributed by atoms with Crippen LogP contribution in [0.2, 0.25) is 0 Å². The Morgan fingerprint density at radius 2 is 0.618 bits per heavy atom. The first-order valence-electron chi connectivity index (χ1n) is 26.3. The second-order valence-corrected chi connectivity index (χ2v) is 20.0. The van der Waals surface area contributed by atoms with Gasteiger partial charge in [0.1, 0.15) is 0 Å². The van der Waals surface area contributed by atoms with Crippen LogP contribution < -0.4 is 4.90 Å². The van der Waals surface area contributed by atoms with Crippen LogP contribution in [-0.4, -0.2) is 0 Å². The third-order valence-electron chi connectivity index (χ3n) is 15.8. The van der Waals surface area contributed by atoms with E-state index in [0.717, 1.165) is 39.3 Å². The highest BCUT2D eigenvalue weighted by atomic mass is 15.1. The summed E-state index contributed by atoms with van der Waals surface area (Å²) in [6, 6.07) is 114. The lowest BCUT2D eigenvalue weighted by atomic mass is 9.67. The number of rotatable bonds is 10. The van der Waals surface area contributed by atoms with Crippen LogP contribution in [0.1, 0.15) is 22.3 Å². The molecule has 0 atom stereocenters. The minimum absolute atomic E-state index is 0.596. The first-order valence-corrected chi connectivity index (χ1v) is 26.3. The molecule has 0 saturated carbocycles. The minimum atomic E-state index is -0.596. The average Bonchev–Trinajstić information content (AvgIpc) is 4.01. The van der Waals surface area contributed by atoms with Crippen molar-refractivity contribution in [2.45, 2.75) is 5.41 Å². The maximum atomic E-state index is 2.53. The molecule has 0 aromatic heterocycles. The van der Waals surface area contributed by atoms with Crippen molar-refractivity contribution in [3.63, 3.8) is 0 Å². The Kier molecular flexibility index (Phi) is 11.2. The summed E-state index contributed by atoms with van der Waals surface area (Å²) >= 11 is 0. The first-order chi connectivity index (χ1) is 37.7. The van der Waals surface area contributed by atoms with Crippen molar-refractivity contribution >= 4 is 38.6 Å². The lowest BCUT2D eigenvalue weighted by Gasteiger charge is -2.35. The third kappa shape index (κ3) is 7.72. The molecule has 0 radical (unpaired) electrons. The van der Waals surface area contributed by atoms with E-state index in [-0.39, 0.29) is 0 Å². The summed E-state index contributed by atoms with van der Waals surface area (Å²) in [6.45, 7) is 0. The average molecular weight is 966 g/mol. The van der Waals surface area contributed by atoms with Crippen LogP contribution in [0.4, 0.5) is 17.1 Å². The number of fused-ring (bicyclic) bond motifs is 6. The zero-order valence-corrected chi connectivity index (χ0v) is 41.9. The van der Waals surface area contributed by atoms with E-state index in [9.17, 15) is 0 Å². The van der Waals surface area contributed by atoms with Gasteiger partial charge in [-0.25, -0.2) is 0 Å². The van der Waals surface area contributed by atoms with Crippen molar-refractivity contribution in [1.29, 1.82) is 0 Å². The van der Waals surface area contributed by atoms with Gasteiger partial charge >= 0.3 is 0 Å². The van der Waals surface area contributed by atoms with Gasteiger partial charge in [-0.15, -0.1) is 0 Å². The van der Waals surface area contributed by atoms with Gasteiger partial charge in [-0.1, -0.05) is 267 Å². The molecule has 0 heterocycles. The van der Waals surface area contributed by atoms with Gasteiger partial charge in [0.15, 0.2) is 0 Å². The first kappa shape index (κ1) is 44.8. The predicted molar refractivity (Wildman–Crippen MR) is 321 cm³/mol. The van der Waals surface area contributed by atoms with E-state index < -0.39 is 5.41 Å². The topological polar surface area (TPSA) is 3.24 Å². The van der Waals surface area contributed by atoms with Crippen molar-refractivity contribution in [1.82, 2.24) is 0 Å². The van der Waals surface area contributed by atoms with Crippen LogP contribution in [0.15, 0.2) is 309 Å². The molecule has 0 saturated heterocycles. The van der Waals surface area contributed by atoms with Crippen LogP contribution in [0.5, 0.6) is 0 Å². The molecule has 356 valence electrons.